The summed E-state index contributed by atoms with van der Waals surface area (Å²) in [7, 11) is 0. The second kappa shape index (κ2) is 4.03. The summed E-state index contributed by atoms with van der Waals surface area (Å²) in [6.07, 6.45) is -2.36. The first kappa shape index (κ1) is 10.4. The fraction of sp³-hybridized carbons (Fsp3) is 0.571. The number of ether oxygens (including phenoxy) is 1. The number of carbonyl (C=O) groups excluding carboxylic acids is 3. The van der Waals surface area contributed by atoms with Crippen molar-refractivity contribution in [3.63, 3.8) is 0 Å². The topological polar surface area (TPSA) is 75.7 Å². The summed E-state index contributed by atoms with van der Waals surface area (Å²) < 4.78 is 17.5. The highest BCUT2D eigenvalue weighted by atomic mass is 19.1. The summed E-state index contributed by atoms with van der Waals surface area (Å²) in [4.78, 5) is 32.9. The van der Waals surface area contributed by atoms with Crippen LogP contribution in [0.3, 0.4) is 0 Å². The normalized spacial score (nSPS) is 18.0. The van der Waals surface area contributed by atoms with Gasteiger partial charge in [-0.25, -0.2) is 18.9 Å². The predicted molar refractivity (Wildman–Crippen MR) is 41.8 cm³/mol. The van der Waals surface area contributed by atoms with E-state index in [9.17, 15) is 18.8 Å². The molecule has 1 fully saturated rings. The average Bonchev–Trinajstić information content (AvgIpc) is 2.46. The monoisotopic (exact) mass is 204 g/mol. The molecule has 6 nitrogen and oxygen atoms in total. The Bertz CT molecular complexity index is 265. The van der Waals surface area contributed by atoms with E-state index in [0.717, 1.165) is 0 Å². The Hall–Kier alpha value is -1.66. The second-order valence-electron chi connectivity index (χ2n) is 2.51. The van der Waals surface area contributed by atoms with Crippen LogP contribution in [0.25, 0.3) is 0 Å². The van der Waals surface area contributed by atoms with Gasteiger partial charge in [0.25, 0.3) is 12.2 Å². The summed E-state index contributed by atoms with van der Waals surface area (Å²) >= 11 is 0. The number of nitrogens with zero attached hydrogens (tertiary/aromatic N) is 1. The molecule has 7 heteroatoms. The molecule has 1 unspecified atom stereocenters. The van der Waals surface area contributed by atoms with Gasteiger partial charge in [0.15, 0.2) is 0 Å². The van der Waals surface area contributed by atoms with Crippen molar-refractivity contribution in [2.75, 3.05) is 13.2 Å². The third-order valence-electron chi connectivity index (χ3n) is 1.59. The van der Waals surface area contributed by atoms with Gasteiger partial charge in [0, 0.05) is 0 Å². The molecular formula is C7H9FN2O4. The third kappa shape index (κ3) is 1.81. The predicted octanol–water partition coefficient (Wildman–Crippen LogP) is -0.603. The SMILES string of the molecule is CCOC(=O)C(F)N1C(=O)CNC1=O. The van der Waals surface area contributed by atoms with Crippen LogP contribution < -0.4 is 5.32 Å². The first-order chi connectivity index (χ1) is 6.57. The number of alkyl halides is 1. The van der Waals surface area contributed by atoms with E-state index in [-0.39, 0.29) is 18.1 Å². The maximum atomic E-state index is 13.2. The molecule has 78 valence electrons. The molecule has 1 rings (SSSR count). The van der Waals surface area contributed by atoms with Gasteiger partial charge in [-0.3, -0.25) is 4.79 Å². The van der Waals surface area contributed by atoms with Gasteiger partial charge < -0.3 is 10.1 Å². The summed E-state index contributed by atoms with van der Waals surface area (Å²) in [5.74, 6) is -2.02. The number of imide groups is 1. The summed E-state index contributed by atoms with van der Waals surface area (Å²) in [6.45, 7) is 1.19. The Morgan fingerprint density at radius 3 is 2.79 bits per heavy atom. The van der Waals surface area contributed by atoms with Crippen LogP contribution in [-0.4, -0.2) is 42.3 Å². The lowest BCUT2D eigenvalue weighted by Crippen LogP contribution is -2.43. The summed E-state index contributed by atoms with van der Waals surface area (Å²) in [5.41, 5.74) is 0. The van der Waals surface area contributed by atoms with Crippen LogP contribution >= 0.6 is 0 Å². The zero-order chi connectivity index (χ0) is 10.7. The number of halogens is 1. The molecule has 1 aliphatic rings. The van der Waals surface area contributed by atoms with E-state index in [2.05, 4.69) is 10.1 Å². The first-order valence-electron chi connectivity index (χ1n) is 3.98. The maximum Gasteiger partial charge on any atom is 0.362 e. The van der Waals surface area contributed by atoms with Gasteiger partial charge in [-0.1, -0.05) is 0 Å². The zero-order valence-electron chi connectivity index (χ0n) is 7.45. The van der Waals surface area contributed by atoms with Crippen LogP contribution in [0, 0.1) is 0 Å². The molecule has 0 saturated carbocycles. The second-order valence-corrected chi connectivity index (χ2v) is 2.51. The molecule has 0 aliphatic carbocycles. The van der Waals surface area contributed by atoms with Crippen LogP contribution in [0.5, 0.6) is 0 Å². The Morgan fingerprint density at radius 2 is 2.36 bits per heavy atom. The van der Waals surface area contributed by atoms with Crippen molar-refractivity contribution in [2.45, 2.75) is 13.2 Å². The van der Waals surface area contributed by atoms with Crippen molar-refractivity contribution >= 4 is 17.9 Å². The van der Waals surface area contributed by atoms with Gasteiger partial charge in [0.05, 0.1) is 13.2 Å². The Kier molecular flexibility index (Phi) is 3.00. The zero-order valence-corrected chi connectivity index (χ0v) is 7.45. The van der Waals surface area contributed by atoms with Crippen LogP contribution in [-0.2, 0) is 14.3 Å². The lowest BCUT2D eigenvalue weighted by Gasteiger charge is -2.15. The lowest BCUT2D eigenvalue weighted by atomic mass is 10.5. The highest BCUT2D eigenvalue weighted by Gasteiger charge is 2.39. The highest BCUT2D eigenvalue weighted by Crippen LogP contribution is 2.08. The van der Waals surface area contributed by atoms with E-state index in [1.54, 1.807) is 0 Å². The van der Waals surface area contributed by atoms with Crippen molar-refractivity contribution in [3.05, 3.63) is 0 Å². The molecule has 1 N–H and O–H groups in total. The molecule has 0 aromatic rings. The summed E-state index contributed by atoms with van der Waals surface area (Å²) in [6, 6.07) is -0.921. The van der Waals surface area contributed by atoms with Gasteiger partial charge in [-0.05, 0) is 6.92 Å². The van der Waals surface area contributed by atoms with Crippen molar-refractivity contribution < 1.29 is 23.5 Å². The molecule has 0 bridgehead atoms. The van der Waals surface area contributed by atoms with Crippen LogP contribution in [0.2, 0.25) is 0 Å². The number of urea groups is 1. The smallest absolute Gasteiger partial charge is 0.362 e. The minimum Gasteiger partial charge on any atom is -0.462 e. The van der Waals surface area contributed by atoms with E-state index < -0.39 is 24.2 Å². The van der Waals surface area contributed by atoms with Gasteiger partial charge >= 0.3 is 12.0 Å². The fourth-order valence-corrected chi connectivity index (χ4v) is 0.981. The quantitative estimate of drug-likeness (QED) is 0.378. The molecule has 1 saturated heterocycles. The van der Waals surface area contributed by atoms with E-state index in [1.807, 2.05) is 0 Å². The minimum absolute atomic E-state index is 0.0110. The molecule has 0 radical (unpaired) electrons. The Labute approximate surface area is 79.0 Å². The molecule has 1 atom stereocenters. The van der Waals surface area contributed by atoms with Gasteiger partial charge in [-0.2, -0.15) is 0 Å². The first-order valence-corrected chi connectivity index (χ1v) is 3.98. The standard InChI is InChI=1S/C7H9FN2O4/c1-2-14-6(12)5(8)10-4(11)3-9-7(10)13/h5H,2-3H2,1H3,(H,9,13). The largest absolute Gasteiger partial charge is 0.462 e. The van der Waals surface area contributed by atoms with Crippen LogP contribution in [0.15, 0.2) is 0 Å². The van der Waals surface area contributed by atoms with E-state index in [1.165, 1.54) is 6.92 Å². The summed E-state index contributed by atoms with van der Waals surface area (Å²) in [5, 5.41) is 2.09. The molecular weight excluding hydrogens is 195 g/mol. The molecule has 14 heavy (non-hydrogen) atoms. The van der Waals surface area contributed by atoms with Crippen molar-refractivity contribution in [1.82, 2.24) is 10.2 Å². The van der Waals surface area contributed by atoms with Crippen molar-refractivity contribution in [3.8, 4) is 0 Å². The van der Waals surface area contributed by atoms with E-state index in [0.29, 0.717) is 0 Å². The maximum absolute atomic E-state index is 13.2. The molecule has 0 spiro atoms. The molecule has 3 amide bonds. The van der Waals surface area contributed by atoms with Gasteiger partial charge in [-0.15, -0.1) is 0 Å². The molecule has 0 aromatic carbocycles. The molecule has 1 aliphatic heterocycles. The number of carbonyl (C=O) groups is 3. The Morgan fingerprint density at radius 1 is 1.71 bits per heavy atom. The van der Waals surface area contributed by atoms with Gasteiger partial charge in [0.1, 0.15) is 0 Å². The number of amides is 3. The van der Waals surface area contributed by atoms with Crippen molar-refractivity contribution in [1.29, 1.82) is 0 Å². The van der Waals surface area contributed by atoms with E-state index >= 15 is 0 Å². The van der Waals surface area contributed by atoms with Crippen LogP contribution in [0.4, 0.5) is 9.18 Å². The third-order valence-corrected chi connectivity index (χ3v) is 1.59. The number of hydrogen-bond acceptors (Lipinski definition) is 4. The van der Waals surface area contributed by atoms with Crippen LogP contribution in [0.1, 0.15) is 6.92 Å². The lowest BCUT2D eigenvalue weighted by molar-refractivity contribution is -0.158. The molecule has 1 heterocycles. The average molecular weight is 204 g/mol. The van der Waals surface area contributed by atoms with E-state index in [4.69, 9.17) is 0 Å². The highest BCUT2D eigenvalue weighted by molar-refractivity contribution is 6.04. The molecule has 0 aromatic heterocycles. The minimum atomic E-state index is -2.36. The van der Waals surface area contributed by atoms with Gasteiger partial charge in [0.2, 0.25) is 0 Å². The number of esters is 1. The number of rotatable bonds is 3. The number of hydrogen-bond donors (Lipinski definition) is 1. The Balaban J connectivity index is 2.67. The number of nitrogens with one attached hydrogen (secondary N) is 1. The fourth-order valence-electron chi connectivity index (χ4n) is 0.981. The van der Waals surface area contributed by atoms with Crippen molar-refractivity contribution in [2.24, 2.45) is 0 Å².